The molecule has 1 amide bonds. The van der Waals surface area contributed by atoms with Gasteiger partial charge in [0.15, 0.2) is 5.65 Å². The summed E-state index contributed by atoms with van der Waals surface area (Å²) in [6.07, 6.45) is 6.54. The lowest BCUT2D eigenvalue weighted by Crippen LogP contribution is -2.49. The second-order valence-corrected chi connectivity index (χ2v) is 12.4. The van der Waals surface area contributed by atoms with Gasteiger partial charge in [-0.2, -0.15) is 5.10 Å². The number of nitrogens with two attached hydrogens (primary N) is 2. The van der Waals surface area contributed by atoms with Gasteiger partial charge in [-0.25, -0.2) is 14.6 Å². The van der Waals surface area contributed by atoms with Gasteiger partial charge in [-0.3, -0.25) is 19.3 Å². The van der Waals surface area contributed by atoms with E-state index in [2.05, 4.69) is 31.5 Å². The molecule has 1 atom stereocenters. The van der Waals surface area contributed by atoms with E-state index in [9.17, 15) is 4.79 Å². The fraction of sp³-hybridized carbons (Fsp3) is 0.429. The van der Waals surface area contributed by atoms with Crippen LogP contribution < -0.4 is 11.5 Å². The van der Waals surface area contributed by atoms with Gasteiger partial charge in [0.2, 0.25) is 5.91 Å². The maximum Gasteiger partial charge on any atom is 0.300 e. The Kier molecular flexibility index (Phi) is 12.6. The number of nitrogens with zero attached hydrogens (tertiary/aromatic N) is 6. The second kappa shape index (κ2) is 16.8. The van der Waals surface area contributed by atoms with Crippen molar-refractivity contribution in [3.05, 3.63) is 72.1 Å². The van der Waals surface area contributed by atoms with Crippen molar-refractivity contribution in [2.24, 2.45) is 5.73 Å². The molecule has 6 rings (SSSR count). The molecule has 3 heterocycles. The monoisotopic (exact) mass is 658 g/mol. The highest BCUT2D eigenvalue weighted by atomic mass is 16.4. The number of carbonyl (C=O) groups is 3. The molecule has 1 aliphatic heterocycles. The first-order chi connectivity index (χ1) is 22.9. The first kappa shape index (κ1) is 36.0. The Morgan fingerprint density at radius 1 is 0.854 bits per heavy atom. The number of aliphatic carboxylic acids is 2. The van der Waals surface area contributed by atoms with Crippen LogP contribution in [0.1, 0.15) is 62.6 Å². The number of hydrogen-bond acceptors (Lipinski definition) is 9. The highest BCUT2D eigenvalue weighted by Crippen LogP contribution is 2.37. The number of piperazine rings is 1. The van der Waals surface area contributed by atoms with Crippen molar-refractivity contribution in [2.75, 3.05) is 39.0 Å². The van der Waals surface area contributed by atoms with Crippen LogP contribution in [-0.2, 0) is 20.8 Å². The molecule has 1 saturated carbocycles. The zero-order chi connectivity index (χ0) is 34.8. The Hall–Kier alpha value is -4.88. The van der Waals surface area contributed by atoms with Crippen molar-refractivity contribution >= 4 is 34.7 Å². The summed E-state index contributed by atoms with van der Waals surface area (Å²) in [6, 6.07) is 18.8. The molecule has 13 heteroatoms. The predicted molar refractivity (Wildman–Crippen MR) is 184 cm³/mol. The van der Waals surface area contributed by atoms with Gasteiger partial charge in [0.25, 0.3) is 11.9 Å². The SMILES string of the molecule is CC(=O)O.CC(=O)O.CN1CCN(C2CCC(n3nc(-c4ccc(C(Cc5ccccc5)C(N)=O)cc4)c4c(N)ncnc43)CC2)CC1. The Labute approximate surface area is 280 Å². The molecule has 2 fully saturated rings. The fourth-order valence-electron chi connectivity index (χ4n) is 6.41. The number of carboxylic acid groups (broad SMARTS) is 2. The molecule has 0 spiro atoms. The lowest BCUT2D eigenvalue weighted by atomic mass is 9.90. The molecular formula is C35H46N8O5. The topological polar surface area (TPSA) is 194 Å². The molecule has 4 aromatic rings. The summed E-state index contributed by atoms with van der Waals surface area (Å²) in [5.74, 6) is -1.98. The minimum absolute atomic E-state index is 0.277. The molecule has 6 N–H and O–H groups in total. The van der Waals surface area contributed by atoms with Crippen LogP contribution in [0.2, 0.25) is 0 Å². The van der Waals surface area contributed by atoms with E-state index >= 15 is 0 Å². The number of benzene rings is 2. The van der Waals surface area contributed by atoms with Gasteiger partial charge >= 0.3 is 0 Å². The van der Waals surface area contributed by atoms with Crippen molar-refractivity contribution in [1.82, 2.24) is 29.5 Å². The number of likely N-dealkylation sites (N-methyl/N-ethyl adjacent to an activating group) is 1. The van der Waals surface area contributed by atoms with Crippen LogP contribution in [0.15, 0.2) is 60.9 Å². The van der Waals surface area contributed by atoms with Crippen LogP contribution >= 0.6 is 0 Å². The van der Waals surface area contributed by atoms with E-state index in [1.165, 1.54) is 6.33 Å². The second-order valence-electron chi connectivity index (χ2n) is 12.4. The number of amides is 1. The van der Waals surface area contributed by atoms with Crippen molar-refractivity contribution in [1.29, 1.82) is 0 Å². The molecule has 2 aromatic carbocycles. The normalized spacial score (nSPS) is 18.9. The Balaban J connectivity index is 0.000000588. The summed E-state index contributed by atoms with van der Waals surface area (Å²) in [7, 11) is 2.20. The van der Waals surface area contributed by atoms with Crippen LogP contribution in [0, 0.1) is 0 Å². The van der Waals surface area contributed by atoms with Gasteiger partial charge < -0.3 is 26.6 Å². The van der Waals surface area contributed by atoms with Crippen molar-refractivity contribution in [2.45, 2.75) is 64.0 Å². The van der Waals surface area contributed by atoms with E-state index in [0.29, 0.717) is 18.3 Å². The lowest BCUT2D eigenvalue weighted by Gasteiger charge is -2.41. The predicted octanol–water partition coefficient (Wildman–Crippen LogP) is 3.80. The Bertz CT molecular complexity index is 1640. The number of nitrogen functional groups attached to an aromatic ring is 1. The van der Waals surface area contributed by atoms with Crippen LogP contribution in [-0.4, -0.2) is 96.9 Å². The fourth-order valence-corrected chi connectivity index (χ4v) is 6.41. The van der Waals surface area contributed by atoms with Gasteiger partial charge in [0.1, 0.15) is 17.8 Å². The number of carbonyl (C=O) groups excluding carboxylic acids is 1. The first-order valence-electron chi connectivity index (χ1n) is 16.2. The van der Waals surface area contributed by atoms with Crippen LogP contribution in [0.4, 0.5) is 5.82 Å². The Morgan fingerprint density at radius 2 is 1.42 bits per heavy atom. The number of aromatic nitrogens is 4. The first-order valence-corrected chi connectivity index (χ1v) is 16.2. The highest BCUT2D eigenvalue weighted by Gasteiger charge is 2.31. The van der Waals surface area contributed by atoms with Gasteiger partial charge in [-0.15, -0.1) is 0 Å². The molecule has 1 saturated heterocycles. The van der Waals surface area contributed by atoms with Gasteiger partial charge in [0, 0.05) is 51.6 Å². The zero-order valence-corrected chi connectivity index (χ0v) is 27.8. The van der Waals surface area contributed by atoms with Crippen molar-refractivity contribution in [3.63, 3.8) is 0 Å². The third-order valence-corrected chi connectivity index (χ3v) is 8.80. The number of anilines is 1. The molecule has 1 aliphatic carbocycles. The van der Waals surface area contributed by atoms with Gasteiger partial charge in [0.05, 0.1) is 17.3 Å². The van der Waals surface area contributed by atoms with Crippen LogP contribution in [0.5, 0.6) is 0 Å². The standard InChI is InChI=1S/C31H38N8O.2C2H4O2/c1-37-15-17-38(18-16-37)24-11-13-25(14-12-24)39-31-27(29(32)34-20-35-31)28(36-39)23-9-7-22(8-10-23)26(30(33)40)19-21-5-3-2-4-6-21;2*1-2(3)4/h2-10,20,24-26H,11-19H2,1H3,(H2,33,40)(H2,32,34,35);2*1H3,(H,3,4). The summed E-state index contributed by atoms with van der Waals surface area (Å²) in [5.41, 5.74) is 16.7. The van der Waals surface area contributed by atoms with E-state index in [1.807, 2.05) is 54.6 Å². The van der Waals surface area contributed by atoms with Crippen LogP contribution in [0.3, 0.4) is 0 Å². The van der Waals surface area contributed by atoms with E-state index in [-0.39, 0.29) is 11.9 Å². The molecule has 2 aliphatic rings. The number of fused-ring (bicyclic) bond motifs is 1. The number of rotatable bonds is 7. The average Bonchev–Trinajstić information content (AvgIpc) is 3.45. The Morgan fingerprint density at radius 3 is 1.98 bits per heavy atom. The summed E-state index contributed by atoms with van der Waals surface area (Å²) >= 11 is 0. The van der Waals surface area contributed by atoms with E-state index in [0.717, 1.165) is 99.1 Å². The summed E-state index contributed by atoms with van der Waals surface area (Å²) in [5, 5.41) is 20.7. The summed E-state index contributed by atoms with van der Waals surface area (Å²) in [6.45, 7) is 6.77. The smallest absolute Gasteiger partial charge is 0.300 e. The molecule has 0 radical (unpaired) electrons. The molecule has 2 aromatic heterocycles. The van der Waals surface area contributed by atoms with E-state index in [4.69, 9.17) is 36.4 Å². The lowest BCUT2D eigenvalue weighted by molar-refractivity contribution is -0.135. The number of carboxylic acids is 2. The minimum Gasteiger partial charge on any atom is -0.481 e. The third-order valence-electron chi connectivity index (χ3n) is 8.80. The van der Waals surface area contributed by atoms with Gasteiger partial charge in [-0.1, -0.05) is 54.6 Å². The summed E-state index contributed by atoms with van der Waals surface area (Å²) < 4.78 is 2.08. The maximum absolute atomic E-state index is 12.4. The summed E-state index contributed by atoms with van der Waals surface area (Å²) in [4.78, 5) is 44.4. The number of hydrogen-bond donors (Lipinski definition) is 4. The maximum atomic E-state index is 12.4. The van der Waals surface area contributed by atoms with Gasteiger partial charge in [-0.05, 0) is 50.3 Å². The molecule has 1 unspecified atom stereocenters. The quantitative estimate of drug-likeness (QED) is 0.226. The third kappa shape index (κ3) is 9.58. The average molecular weight is 659 g/mol. The number of primary amides is 1. The molecule has 13 nitrogen and oxygen atoms in total. The van der Waals surface area contributed by atoms with Crippen molar-refractivity contribution < 1.29 is 24.6 Å². The largest absolute Gasteiger partial charge is 0.481 e. The minimum atomic E-state index is -0.833. The van der Waals surface area contributed by atoms with Crippen molar-refractivity contribution in [3.8, 4) is 11.3 Å². The highest BCUT2D eigenvalue weighted by molar-refractivity contribution is 5.98. The molecule has 48 heavy (non-hydrogen) atoms. The van der Waals surface area contributed by atoms with E-state index in [1.54, 1.807) is 0 Å². The molecular weight excluding hydrogens is 612 g/mol. The van der Waals surface area contributed by atoms with E-state index < -0.39 is 17.9 Å². The zero-order valence-electron chi connectivity index (χ0n) is 27.8. The van der Waals surface area contributed by atoms with Crippen LogP contribution in [0.25, 0.3) is 22.3 Å². The molecule has 0 bridgehead atoms. The molecule has 256 valence electrons.